The zero-order chi connectivity index (χ0) is 13.8. The molecule has 0 saturated heterocycles. The average molecular weight is 332 g/mol. The van der Waals surface area contributed by atoms with Gasteiger partial charge < -0.3 is 5.32 Å². The van der Waals surface area contributed by atoms with E-state index in [0.29, 0.717) is 5.95 Å². The Kier molecular flexibility index (Phi) is 4.31. The standard InChI is InChI=1S/C16H18BrN3/c17-14-10-18-16(19-11-14)20-15-8-6-13(7-9-15)12-4-2-1-3-5-12/h6-12H,1-5H2,(H,18,19,20). The third-order valence-corrected chi connectivity index (χ3v) is 4.27. The van der Waals surface area contributed by atoms with Crippen molar-refractivity contribution in [3.8, 4) is 0 Å². The Labute approximate surface area is 128 Å². The highest BCUT2D eigenvalue weighted by Gasteiger charge is 2.15. The van der Waals surface area contributed by atoms with E-state index in [4.69, 9.17) is 0 Å². The molecule has 0 amide bonds. The number of nitrogens with zero attached hydrogens (tertiary/aromatic N) is 2. The van der Waals surface area contributed by atoms with E-state index in [1.165, 1.54) is 37.7 Å². The number of hydrogen-bond donors (Lipinski definition) is 1. The largest absolute Gasteiger partial charge is 0.324 e. The second-order valence-electron chi connectivity index (χ2n) is 5.31. The highest BCUT2D eigenvalue weighted by atomic mass is 79.9. The molecule has 1 saturated carbocycles. The van der Waals surface area contributed by atoms with Gasteiger partial charge in [0, 0.05) is 18.1 Å². The van der Waals surface area contributed by atoms with Crippen LogP contribution in [0.15, 0.2) is 41.1 Å². The normalized spacial score (nSPS) is 16.1. The Morgan fingerprint density at radius 2 is 1.60 bits per heavy atom. The second-order valence-corrected chi connectivity index (χ2v) is 6.22. The van der Waals surface area contributed by atoms with Gasteiger partial charge in [-0.05, 0) is 52.4 Å². The van der Waals surface area contributed by atoms with Crippen molar-refractivity contribution in [2.45, 2.75) is 38.0 Å². The first kappa shape index (κ1) is 13.6. The van der Waals surface area contributed by atoms with Gasteiger partial charge in [0.2, 0.25) is 5.95 Å². The highest BCUT2D eigenvalue weighted by Crippen LogP contribution is 2.33. The minimum Gasteiger partial charge on any atom is -0.324 e. The maximum atomic E-state index is 4.22. The van der Waals surface area contributed by atoms with E-state index in [1.54, 1.807) is 12.4 Å². The molecule has 3 rings (SSSR count). The van der Waals surface area contributed by atoms with Gasteiger partial charge in [-0.2, -0.15) is 0 Å². The third kappa shape index (κ3) is 3.37. The van der Waals surface area contributed by atoms with Crippen LogP contribution < -0.4 is 5.32 Å². The number of nitrogens with one attached hydrogen (secondary N) is 1. The summed E-state index contributed by atoms with van der Waals surface area (Å²) in [5.74, 6) is 1.38. The van der Waals surface area contributed by atoms with E-state index in [9.17, 15) is 0 Å². The van der Waals surface area contributed by atoms with Gasteiger partial charge in [0.05, 0.1) is 4.47 Å². The van der Waals surface area contributed by atoms with Crippen molar-refractivity contribution in [2.24, 2.45) is 0 Å². The lowest BCUT2D eigenvalue weighted by Crippen LogP contribution is -2.04. The molecular formula is C16H18BrN3. The summed E-state index contributed by atoms with van der Waals surface area (Å²) >= 11 is 3.33. The van der Waals surface area contributed by atoms with E-state index in [2.05, 4.69) is 55.5 Å². The average Bonchev–Trinajstić information content (AvgIpc) is 2.51. The fraction of sp³-hybridized carbons (Fsp3) is 0.375. The van der Waals surface area contributed by atoms with Gasteiger partial charge >= 0.3 is 0 Å². The lowest BCUT2D eigenvalue weighted by atomic mass is 9.84. The Morgan fingerprint density at radius 3 is 2.25 bits per heavy atom. The van der Waals surface area contributed by atoms with Crippen molar-refractivity contribution in [1.82, 2.24) is 9.97 Å². The van der Waals surface area contributed by atoms with Gasteiger partial charge in [0.1, 0.15) is 0 Å². The first-order valence-corrected chi connectivity index (χ1v) is 7.95. The molecule has 20 heavy (non-hydrogen) atoms. The van der Waals surface area contributed by atoms with Gasteiger partial charge in [0.25, 0.3) is 0 Å². The topological polar surface area (TPSA) is 37.8 Å². The number of hydrogen-bond acceptors (Lipinski definition) is 3. The molecular weight excluding hydrogens is 314 g/mol. The predicted octanol–water partition coefficient (Wildman–Crippen LogP) is 5.03. The van der Waals surface area contributed by atoms with Gasteiger partial charge in [-0.25, -0.2) is 9.97 Å². The Bertz CT molecular complexity index is 545. The number of halogens is 1. The maximum absolute atomic E-state index is 4.22. The van der Waals surface area contributed by atoms with Crippen LogP contribution in [0.4, 0.5) is 11.6 Å². The molecule has 0 bridgehead atoms. The number of rotatable bonds is 3. The molecule has 2 aromatic rings. The van der Waals surface area contributed by atoms with Crippen LogP contribution in [0.2, 0.25) is 0 Å². The second kappa shape index (κ2) is 6.35. The van der Waals surface area contributed by atoms with Crippen molar-refractivity contribution >= 4 is 27.6 Å². The molecule has 1 heterocycles. The first-order chi connectivity index (χ1) is 9.81. The molecule has 1 aromatic heterocycles. The zero-order valence-electron chi connectivity index (χ0n) is 11.3. The monoisotopic (exact) mass is 331 g/mol. The summed E-state index contributed by atoms with van der Waals surface area (Å²) in [6.45, 7) is 0. The minimum atomic E-state index is 0.624. The van der Waals surface area contributed by atoms with E-state index in [-0.39, 0.29) is 0 Å². The highest BCUT2D eigenvalue weighted by molar-refractivity contribution is 9.10. The molecule has 4 heteroatoms. The summed E-state index contributed by atoms with van der Waals surface area (Å²) in [4.78, 5) is 8.43. The van der Waals surface area contributed by atoms with Crippen LogP contribution in [0.5, 0.6) is 0 Å². The molecule has 0 unspecified atom stereocenters. The first-order valence-electron chi connectivity index (χ1n) is 7.16. The summed E-state index contributed by atoms with van der Waals surface area (Å²) in [6, 6.07) is 8.71. The summed E-state index contributed by atoms with van der Waals surface area (Å²) in [5, 5.41) is 3.22. The van der Waals surface area contributed by atoms with Crippen LogP contribution in [-0.2, 0) is 0 Å². The lowest BCUT2D eigenvalue weighted by Gasteiger charge is -2.22. The molecule has 3 nitrogen and oxygen atoms in total. The van der Waals surface area contributed by atoms with Crippen molar-refractivity contribution in [1.29, 1.82) is 0 Å². The Balaban J connectivity index is 1.67. The van der Waals surface area contributed by atoms with E-state index in [1.807, 2.05) is 0 Å². The summed E-state index contributed by atoms with van der Waals surface area (Å²) < 4.78 is 0.885. The van der Waals surface area contributed by atoms with Gasteiger partial charge in [-0.15, -0.1) is 0 Å². The Morgan fingerprint density at radius 1 is 0.950 bits per heavy atom. The molecule has 1 aromatic carbocycles. The van der Waals surface area contributed by atoms with Crippen molar-refractivity contribution in [2.75, 3.05) is 5.32 Å². The Hall–Kier alpha value is -1.42. The van der Waals surface area contributed by atoms with Crippen LogP contribution in [0, 0.1) is 0 Å². The van der Waals surface area contributed by atoms with Gasteiger partial charge in [0.15, 0.2) is 0 Å². The lowest BCUT2D eigenvalue weighted by molar-refractivity contribution is 0.443. The quantitative estimate of drug-likeness (QED) is 0.856. The van der Waals surface area contributed by atoms with Gasteiger partial charge in [-0.3, -0.25) is 0 Å². The van der Waals surface area contributed by atoms with E-state index in [0.717, 1.165) is 16.1 Å². The molecule has 1 fully saturated rings. The molecule has 1 N–H and O–H groups in total. The van der Waals surface area contributed by atoms with E-state index < -0.39 is 0 Å². The molecule has 1 aliphatic rings. The summed E-state index contributed by atoms with van der Waals surface area (Å²) in [7, 11) is 0. The minimum absolute atomic E-state index is 0.624. The van der Waals surface area contributed by atoms with Gasteiger partial charge in [-0.1, -0.05) is 31.4 Å². The van der Waals surface area contributed by atoms with Crippen LogP contribution in [0.1, 0.15) is 43.6 Å². The smallest absolute Gasteiger partial charge is 0.227 e. The van der Waals surface area contributed by atoms with Crippen LogP contribution in [0.25, 0.3) is 0 Å². The molecule has 1 aliphatic carbocycles. The number of benzene rings is 1. The number of anilines is 2. The third-order valence-electron chi connectivity index (χ3n) is 3.86. The molecule has 0 atom stereocenters. The number of aromatic nitrogens is 2. The summed E-state index contributed by atoms with van der Waals surface area (Å²) in [6.07, 6.45) is 10.3. The fourth-order valence-electron chi connectivity index (χ4n) is 2.78. The predicted molar refractivity (Wildman–Crippen MR) is 85.3 cm³/mol. The SMILES string of the molecule is Brc1cnc(Nc2ccc(C3CCCCC3)cc2)nc1. The molecule has 0 spiro atoms. The maximum Gasteiger partial charge on any atom is 0.227 e. The summed E-state index contributed by atoms with van der Waals surface area (Å²) in [5.41, 5.74) is 2.50. The molecule has 104 valence electrons. The fourth-order valence-corrected chi connectivity index (χ4v) is 2.99. The van der Waals surface area contributed by atoms with Crippen molar-refractivity contribution < 1.29 is 0 Å². The molecule has 0 radical (unpaired) electrons. The molecule has 0 aliphatic heterocycles. The van der Waals surface area contributed by atoms with Crippen LogP contribution in [0.3, 0.4) is 0 Å². The van der Waals surface area contributed by atoms with Crippen LogP contribution >= 0.6 is 15.9 Å². The van der Waals surface area contributed by atoms with Crippen molar-refractivity contribution in [3.63, 3.8) is 0 Å². The zero-order valence-corrected chi connectivity index (χ0v) is 12.9. The van der Waals surface area contributed by atoms with E-state index >= 15 is 0 Å². The van der Waals surface area contributed by atoms with Crippen molar-refractivity contribution in [3.05, 3.63) is 46.7 Å². The van der Waals surface area contributed by atoms with Crippen LogP contribution in [-0.4, -0.2) is 9.97 Å².